The SMILES string of the molecule is CCC(CC)(CC)NC(=O)c1ccc(C)cc1Br. The quantitative estimate of drug-likeness (QED) is 0.854. The lowest BCUT2D eigenvalue weighted by molar-refractivity contribution is 0.0887. The van der Waals surface area contributed by atoms with Gasteiger partial charge >= 0.3 is 0 Å². The molecular weight excluding hydrogens is 290 g/mol. The molecule has 18 heavy (non-hydrogen) atoms. The molecule has 0 heterocycles. The number of amides is 1. The van der Waals surface area contributed by atoms with Crippen molar-refractivity contribution in [1.82, 2.24) is 5.32 Å². The summed E-state index contributed by atoms with van der Waals surface area (Å²) < 4.78 is 0.859. The molecule has 0 unspecified atom stereocenters. The second-order valence-corrected chi connectivity index (χ2v) is 5.63. The molecule has 2 nitrogen and oxygen atoms in total. The van der Waals surface area contributed by atoms with Crippen LogP contribution in [0.3, 0.4) is 0 Å². The number of nitrogens with one attached hydrogen (secondary N) is 1. The lowest BCUT2D eigenvalue weighted by Crippen LogP contribution is -2.47. The lowest BCUT2D eigenvalue weighted by atomic mass is 9.89. The van der Waals surface area contributed by atoms with E-state index in [-0.39, 0.29) is 11.4 Å². The van der Waals surface area contributed by atoms with Gasteiger partial charge in [-0.25, -0.2) is 0 Å². The lowest BCUT2D eigenvalue weighted by Gasteiger charge is -2.32. The number of halogens is 1. The van der Waals surface area contributed by atoms with Crippen molar-refractivity contribution in [2.24, 2.45) is 0 Å². The highest BCUT2D eigenvalue weighted by atomic mass is 79.9. The van der Waals surface area contributed by atoms with Crippen LogP contribution in [0.25, 0.3) is 0 Å². The molecule has 0 saturated heterocycles. The zero-order valence-electron chi connectivity index (χ0n) is 11.6. The van der Waals surface area contributed by atoms with Gasteiger partial charge in [-0.05, 0) is 59.8 Å². The van der Waals surface area contributed by atoms with Gasteiger partial charge in [0.2, 0.25) is 0 Å². The van der Waals surface area contributed by atoms with E-state index in [2.05, 4.69) is 42.0 Å². The summed E-state index contributed by atoms with van der Waals surface area (Å²) in [4.78, 5) is 12.3. The van der Waals surface area contributed by atoms with Crippen LogP contribution in [0.4, 0.5) is 0 Å². The van der Waals surface area contributed by atoms with Crippen LogP contribution in [0.5, 0.6) is 0 Å². The average Bonchev–Trinajstić information content (AvgIpc) is 2.36. The topological polar surface area (TPSA) is 29.1 Å². The minimum absolute atomic E-state index is 0.00688. The number of carbonyl (C=O) groups is 1. The predicted molar refractivity (Wildman–Crippen MR) is 79.9 cm³/mol. The van der Waals surface area contributed by atoms with Crippen molar-refractivity contribution in [1.29, 1.82) is 0 Å². The maximum absolute atomic E-state index is 12.3. The van der Waals surface area contributed by atoms with E-state index in [9.17, 15) is 4.79 Å². The Balaban J connectivity index is 2.94. The van der Waals surface area contributed by atoms with Gasteiger partial charge in [0.15, 0.2) is 0 Å². The average molecular weight is 312 g/mol. The fraction of sp³-hybridized carbons (Fsp3) is 0.533. The third-order valence-electron chi connectivity index (χ3n) is 3.78. The fourth-order valence-electron chi connectivity index (χ4n) is 2.13. The maximum Gasteiger partial charge on any atom is 0.252 e. The van der Waals surface area contributed by atoms with E-state index < -0.39 is 0 Å². The van der Waals surface area contributed by atoms with Gasteiger partial charge < -0.3 is 5.32 Å². The van der Waals surface area contributed by atoms with Crippen LogP contribution in [0, 0.1) is 6.92 Å². The van der Waals surface area contributed by atoms with Gasteiger partial charge in [-0.3, -0.25) is 4.79 Å². The molecule has 0 aliphatic carbocycles. The Kier molecular flexibility index (Phi) is 5.39. The van der Waals surface area contributed by atoms with Gasteiger partial charge in [0.05, 0.1) is 5.56 Å². The summed E-state index contributed by atoms with van der Waals surface area (Å²) in [5.41, 5.74) is 1.77. The molecule has 0 aromatic heterocycles. The Morgan fingerprint density at radius 2 is 1.78 bits per heavy atom. The Labute approximate surface area is 118 Å². The zero-order chi connectivity index (χ0) is 13.8. The van der Waals surface area contributed by atoms with Gasteiger partial charge in [-0.1, -0.05) is 26.8 Å². The van der Waals surface area contributed by atoms with E-state index in [1.807, 2.05) is 25.1 Å². The first kappa shape index (κ1) is 15.2. The van der Waals surface area contributed by atoms with Gasteiger partial charge in [0.1, 0.15) is 0 Å². The summed E-state index contributed by atoms with van der Waals surface area (Å²) >= 11 is 3.46. The molecule has 1 amide bonds. The molecule has 1 aromatic rings. The van der Waals surface area contributed by atoms with Gasteiger partial charge in [0, 0.05) is 10.0 Å². The highest BCUT2D eigenvalue weighted by molar-refractivity contribution is 9.10. The second kappa shape index (κ2) is 6.37. The predicted octanol–water partition coefficient (Wildman–Crippen LogP) is 4.46. The molecule has 0 saturated carbocycles. The largest absolute Gasteiger partial charge is 0.347 e. The van der Waals surface area contributed by atoms with Gasteiger partial charge in [-0.2, -0.15) is 0 Å². The second-order valence-electron chi connectivity index (χ2n) is 4.78. The normalized spacial score (nSPS) is 11.4. The Morgan fingerprint density at radius 1 is 1.22 bits per heavy atom. The summed E-state index contributed by atoms with van der Waals surface area (Å²) in [5, 5.41) is 3.19. The monoisotopic (exact) mass is 311 g/mol. The molecule has 0 aliphatic rings. The van der Waals surface area contributed by atoms with Crippen molar-refractivity contribution in [2.45, 2.75) is 52.5 Å². The van der Waals surface area contributed by atoms with Crippen LogP contribution in [-0.4, -0.2) is 11.4 Å². The third-order valence-corrected chi connectivity index (χ3v) is 4.43. The molecular formula is C15H22BrNO. The molecule has 0 atom stereocenters. The van der Waals surface area contributed by atoms with E-state index in [1.165, 1.54) is 0 Å². The van der Waals surface area contributed by atoms with Crippen LogP contribution in [0.15, 0.2) is 22.7 Å². The standard InChI is InChI=1S/C15H22BrNO/c1-5-15(6-2,7-3)17-14(18)12-9-8-11(4)10-13(12)16/h8-10H,5-7H2,1-4H3,(H,17,18). The summed E-state index contributed by atoms with van der Waals surface area (Å²) in [7, 11) is 0. The first-order valence-electron chi connectivity index (χ1n) is 6.56. The molecule has 0 radical (unpaired) electrons. The van der Waals surface area contributed by atoms with Crippen molar-refractivity contribution < 1.29 is 4.79 Å². The number of benzene rings is 1. The van der Waals surface area contributed by atoms with Crippen LogP contribution >= 0.6 is 15.9 Å². The number of rotatable bonds is 5. The van der Waals surface area contributed by atoms with Crippen molar-refractivity contribution in [3.05, 3.63) is 33.8 Å². The van der Waals surface area contributed by atoms with Crippen molar-refractivity contribution in [3.63, 3.8) is 0 Å². The minimum Gasteiger partial charge on any atom is -0.347 e. The van der Waals surface area contributed by atoms with E-state index in [1.54, 1.807) is 0 Å². The van der Waals surface area contributed by atoms with Gasteiger partial charge in [0.25, 0.3) is 5.91 Å². The van der Waals surface area contributed by atoms with Crippen LogP contribution in [-0.2, 0) is 0 Å². The summed E-state index contributed by atoms with van der Waals surface area (Å²) in [6.45, 7) is 8.38. The molecule has 0 bridgehead atoms. The number of hydrogen-bond donors (Lipinski definition) is 1. The highest BCUT2D eigenvalue weighted by Gasteiger charge is 2.26. The molecule has 0 spiro atoms. The van der Waals surface area contributed by atoms with Crippen LogP contribution in [0.2, 0.25) is 0 Å². The Hall–Kier alpha value is -0.830. The number of aryl methyl sites for hydroxylation is 1. The van der Waals surface area contributed by atoms with Crippen LogP contribution in [0.1, 0.15) is 56.0 Å². The van der Waals surface area contributed by atoms with E-state index in [4.69, 9.17) is 0 Å². The summed E-state index contributed by atoms with van der Waals surface area (Å²) in [6.07, 6.45) is 2.86. The van der Waals surface area contributed by atoms with Crippen molar-refractivity contribution in [2.75, 3.05) is 0 Å². The fourth-order valence-corrected chi connectivity index (χ4v) is 2.80. The molecule has 0 fully saturated rings. The molecule has 100 valence electrons. The van der Waals surface area contributed by atoms with Crippen LogP contribution < -0.4 is 5.32 Å². The third kappa shape index (κ3) is 3.35. The first-order chi connectivity index (χ1) is 8.48. The Bertz CT molecular complexity index is 416. The zero-order valence-corrected chi connectivity index (χ0v) is 13.2. The molecule has 1 N–H and O–H groups in total. The Morgan fingerprint density at radius 3 is 2.22 bits per heavy atom. The van der Waals surface area contributed by atoms with Crippen molar-refractivity contribution in [3.8, 4) is 0 Å². The van der Waals surface area contributed by atoms with Crippen molar-refractivity contribution >= 4 is 21.8 Å². The molecule has 1 rings (SSSR count). The first-order valence-corrected chi connectivity index (χ1v) is 7.36. The highest BCUT2D eigenvalue weighted by Crippen LogP contribution is 2.23. The van der Waals surface area contributed by atoms with Gasteiger partial charge in [-0.15, -0.1) is 0 Å². The molecule has 1 aromatic carbocycles. The molecule has 0 aliphatic heterocycles. The van der Waals surface area contributed by atoms with E-state index in [0.29, 0.717) is 5.56 Å². The minimum atomic E-state index is -0.0819. The number of hydrogen-bond acceptors (Lipinski definition) is 1. The van der Waals surface area contributed by atoms with E-state index in [0.717, 1.165) is 29.3 Å². The maximum atomic E-state index is 12.3. The molecule has 3 heteroatoms. The summed E-state index contributed by atoms with van der Waals surface area (Å²) in [5.74, 6) is 0.00688. The smallest absolute Gasteiger partial charge is 0.252 e. The number of carbonyl (C=O) groups excluding carboxylic acids is 1. The van der Waals surface area contributed by atoms with E-state index >= 15 is 0 Å². The summed E-state index contributed by atoms with van der Waals surface area (Å²) in [6, 6.07) is 5.81.